The molecule has 0 radical (unpaired) electrons. The lowest BCUT2D eigenvalue weighted by Crippen LogP contribution is -2.60. The maximum atomic E-state index is 14.6. The number of phenols is 1. The van der Waals surface area contributed by atoms with Crippen molar-refractivity contribution in [3.05, 3.63) is 58.7 Å². The van der Waals surface area contributed by atoms with E-state index in [0.717, 1.165) is 67.0 Å². The summed E-state index contributed by atoms with van der Waals surface area (Å²) in [5, 5.41) is 27.3. The molecule has 0 saturated carbocycles. The van der Waals surface area contributed by atoms with Crippen molar-refractivity contribution in [1.82, 2.24) is 24.9 Å². The Morgan fingerprint density at radius 3 is 2.33 bits per heavy atom. The van der Waals surface area contributed by atoms with E-state index in [1.165, 1.54) is 4.90 Å². The van der Waals surface area contributed by atoms with Gasteiger partial charge in [-0.25, -0.2) is 9.59 Å². The molecule has 3 atom stereocenters. The third kappa shape index (κ3) is 6.80. The molecule has 6 rings (SSSR count). The summed E-state index contributed by atoms with van der Waals surface area (Å²) in [6.45, 7) is 9.36. The van der Waals surface area contributed by atoms with E-state index in [4.69, 9.17) is 0 Å². The van der Waals surface area contributed by atoms with Crippen LogP contribution in [0.3, 0.4) is 0 Å². The number of para-hydroxylation sites is 1. The molecule has 4 aliphatic rings. The fourth-order valence-electron chi connectivity index (χ4n) is 8.14. The van der Waals surface area contributed by atoms with Crippen molar-refractivity contribution in [1.29, 1.82) is 0 Å². The molecule has 0 spiro atoms. The van der Waals surface area contributed by atoms with Gasteiger partial charge >= 0.3 is 12.1 Å². The lowest BCUT2D eigenvalue weighted by molar-refractivity contribution is -0.140. The molecule has 4 N–H and O–H groups in total. The molecular weight excluding hydrogens is 584 g/mol. The van der Waals surface area contributed by atoms with E-state index in [2.05, 4.69) is 15.5 Å². The van der Waals surface area contributed by atoms with Gasteiger partial charge in [-0.2, -0.15) is 0 Å². The smallest absolute Gasteiger partial charge is 0.407 e. The number of nitrogens with zero attached hydrogens (tertiary/aromatic N) is 4. The van der Waals surface area contributed by atoms with Crippen LogP contribution in [0.4, 0.5) is 15.3 Å². The molecule has 4 aliphatic heterocycles. The molecule has 2 unspecified atom stereocenters. The van der Waals surface area contributed by atoms with Crippen LogP contribution in [0.2, 0.25) is 0 Å². The van der Waals surface area contributed by atoms with E-state index >= 15 is 0 Å². The summed E-state index contributed by atoms with van der Waals surface area (Å²) in [5.41, 5.74) is 4.25. The van der Waals surface area contributed by atoms with Gasteiger partial charge in [0, 0.05) is 63.1 Å². The van der Waals surface area contributed by atoms with Crippen molar-refractivity contribution < 1.29 is 24.6 Å². The van der Waals surface area contributed by atoms with Crippen molar-refractivity contribution in [2.75, 3.05) is 57.7 Å². The molecule has 3 fully saturated rings. The van der Waals surface area contributed by atoms with E-state index in [1.807, 2.05) is 60.0 Å². The highest BCUT2D eigenvalue weighted by Crippen LogP contribution is 2.34. The zero-order chi connectivity index (χ0) is 32.4. The van der Waals surface area contributed by atoms with Gasteiger partial charge in [0.25, 0.3) is 0 Å². The number of aromatic hydroxyl groups is 1. The fraction of sp³-hybridized carbons (Fsp3) is 0.571. The molecule has 2 aromatic rings. The van der Waals surface area contributed by atoms with Crippen LogP contribution in [0.15, 0.2) is 36.4 Å². The summed E-state index contributed by atoms with van der Waals surface area (Å²) in [6.07, 6.45) is 3.15. The maximum Gasteiger partial charge on any atom is 0.407 e. The van der Waals surface area contributed by atoms with Crippen LogP contribution in [-0.2, 0) is 17.6 Å². The van der Waals surface area contributed by atoms with Gasteiger partial charge in [-0.1, -0.05) is 30.3 Å². The number of carbonyl (C=O) groups excluding carboxylic acids is 2. The summed E-state index contributed by atoms with van der Waals surface area (Å²) in [7, 11) is 0. The average Bonchev–Trinajstić information content (AvgIpc) is 3.24. The van der Waals surface area contributed by atoms with Crippen LogP contribution >= 0.6 is 0 Å². The second-order valence-electron chi connectivity index (χ2n) is 13.5. The first-order valence-corrected chi connectivity index (χ1v) is 16.9. The highest BCUT2D eigenvalue weighted by Gasteiger charge is 2.44. The quantitative estimate of drug-likeness (QED) is 0.383. The number of amides is 4. The first-order valence-electron chi connectivity index (χ1n) is 16.9. The molecule has 11 heteroatoms. The summed E-state index contributed by atoms with van der Waals surface area (Å²) in [4.78, 5) is 48.5. The van der Waals surface area contributed by atoms with Gasteiger partial charge in [-0.15, -0.1) is 0 Å². The third-order valence-corrected chi connectivity index (χ3v) is 10.7. The monoisotopic (exact) mass is 632 g/mol. The van der Waals surface area contributed by atoms with E-state index < -0.39 is 18.1 Å². The van der Waals surface area contributed by atoms with Crippen LogP contribution in [0.5, 0.6) is 5.75 Å². The predicted molar refractivity (Wildman–Crippen MR) is 176 cm³/mol. The fourth-order valence-corrected chi connectivity index (χ4v) is 8.14. The molecule has 0 bridgehead atoms. The number of likely N-dealkylation sites (tertiary alicyclic amines) is 1. The number of carboxylic acid groups (broad SMARTS) is 1. The summed E-state index contributed by atoms with van der Waals surface area (Å²) in [6, 6.07) is 11.2. The summed E-state index contributed by atoms with van der Waals surface area (Å²) < 4.78 is 0. The van der Waals surface area contributed by atoms with Crippen LogP contribution in [0, 0.1) is 19.8 Å². The SMILES string of the molecule is Cc1cc(CC(C(=O)N2CCN(C3CCNCC3)CC2)[C@H]2CC(N3CCc4ccccc4NC3=O)CCN2C(=O)O)cc(C)c1O. The number of piperidine rings is 2. The number of fused-ring (bicyclic) bond motifs is 1. The Morgan fingerprint density at radius 1 is 0.935 bits per heavy atom. The Kier molecular flexibility index (Phi) is 9.70. The number of hydrogen-bond donors (Lipinski definition) is 4. The van der Waals surface area contributed by atoms with Gasteiger partial charge in [-0.3, -0.25) is 9.69 Å². The molecule has 0 aliphatic carbocycles. The van der Waals surface area contributed by atoms with Crippen molar-refractivity contribution in [3.63, 3.8) is 0 Å². The highest BCUT2D eigenvalue weighted by atomic mass is 16.4. The van der Waals surface area contributed by atoms with Gasteiger partial charge in [0.15, 0.2) is 0 Å². The zero-order valence-electron chi connectivity index (χ0n) is 27.1. The number of phenolic OH excluding ortho intramolecular Hbond substituents is 1. The second kappa shape index (κ2) is 13.9. The number of carbonyl (C=O) groups is 3. The first kappa shape index (κ1) is 32.1. The zero-order valence-corrected chi connectivity index (χ0v) is 27.1. The number of nitrogens with one attached hydrogen (secondary N) is 2. The van der Waals surface area contributed by atoms with Crippen LogP contribution in [0.1, 0.15) is 47.9 Å². The minimum absolute atomic E-state index is 0.0297. The molecule has 3 saturated heterocycles. The average molecular weight is 633 g/mol. The molecule has 46 heavy (non-hydrogen) atoms. The molecule has 0 aromatic heterocycles. The second-order valence-corrected chi connectivity index (χ2v) is 13.5. The predicted octanol–water partition coefficient (Wildman–Crippen LogP) is 3.67. The van der Waals surface area contributed by atoms with Gasteiger partial charge in [-0.05, 0) is 93.8 Å². The Labute approximate surface area is 271 Å². The highest BCUT2D eigenvalue weighted by molar-refractivity contribution is 5.91. The van der Waals surface area contributed by atoms with E-state index in [-0.39, 0.29) is 30.3 Å². The lowest BCUT2D eigenvalue weighted by Gasteiger charge is -2.46. The van der Waals surface area contributed by atoms with Gasteiger partial charge in [0.2, 0.25) is 5.91 Å². The van der Waals surface area contributed by atoms with E-state index in [1.54, 1.807) is 0 Å². The van der Waals surface area contributed by atoms with Gasteiger partial charge < -0.3 is 35.5 Å². The number of urea groups is 1. The largest absolute Gasteiger partial charge is 0.507 e. The molecule has 2 aromatic carbocycles. The van der Waals surface area contributed by atoms with Crippen molar-refractivity contribution in [2.24, 2.45) is 5.92 Å². The number of hydrogen-bond acceptors (Lipinski definition) is 6. The van der Waals surface area contributed by atoms with Crippen molar-refractivity contribution in [3.8, 4) is 5.75 Å². The molecule has 11 nitrogen and oxygen atoms in total. The third-order valence-electron chi connectivity index (χ3n) is 10.7. The topological polar surface area (TPSA) is 129 Å². The van der Waals surface area contributed by atoms with E-state index in [9.17, 15) is 24.6 Å². The lowest BCUT2D eigenvalue weighted by atomic mass is 9.82. The normalized spacial score (nSPS) is 23.8. The Balaban J connectivity index is 1.26. The molecule has 248 valence electrons. The van der Waals surface area contributed by atoms with Gasteiger partial charge in [0.05, 0.1) is 5.92 Å². The number of rotatable bonds is 6. The Bertz CT molecular complexity index is 1410. The van der Waals surface area contributed by atoms with Crippen molar-refractivity contribution in [2.45, 2.75) is 70.5 Å². The minimum atomic E-state index is -1.04. The van der Waals surface area contributed by atoms with Crippen molar-refractivity contribution >= 4 is 23.7 Å². The van der Waals surface area contributed by atoms with E-state index in [0.29, 0.717) is 51.4 Å². The summed E-state index contributed by atoms with van der Waals surface area (Å²) >= 11 is 0. The standard InChI is InChI=1S/C35H48N6O5/c1-23-19-25(20-24(2)32(23)42)21-29(33(43)39-17-15-38(16-18-39)27-7-11-36-12-8-27)31-22-28(10-14-41(31)35(45)46)40-13-9-26-5-3-4-6-30(26)37-34(40)44/h3-6,19-20,27-29,31,36,42H,7-18,21-22H2,1-2H3,(H,37,44)(H,45,46)/t28?,29?,31-/m1/s1. The number of anilines is 1. The summed E-state index contributed by atoms with van der Waals surface area (Å²) in [5.74, 6) is -0.420. The van der Waals surface area contributed by atoms with Crippen LogP contribution in [0.25, 0.3) is 0 Å². The van der Waals surface area contributed by atoms with Gasteiger partial charge in [0.1, 0.15) is 5.75 Å². The van der Waals surface area contributed by atoms with Crippen LogP contribution in [-0.4, -0.2) is 118 Å². The number of benzene rings is 2. The Hall–Kier alpha value is -3.83. The number of piperazine rings is 1. The number of aryl methyl sites for hydroxylation is 2. The molecule has 4 heterocycles. The molecular formula is C35H48N6O5. The minimum Gasteiger partial charge on any atom is -0.507 e. The first-order chi connectivity index (χ1) is 22.2. The maximum absolute atomic E-state index is 14.6. The van der Waals surface area contributed by atoms with Crippen LogP contribution < -0.4 is 10.6 Å². The molecule has 4 amide bonds. The Morgan fingerprint density at radius 2 is 1.63 bits per heavy atom.